The SMILES string of the molecule is CCCOc1cccc(C(=O)NC(=S)N2CCN(c3ccc(C(F)(F)F)cc3[N+](=O)[O-])CC2)c1. The Morgan fingerprint density at radius 2 is 1.88 bits per heavy atom. The van der Waals surface area contributed by atoms with Gasteiger partial charge in [0.15, 0.2) is 5.11 Å². The normalized spacial score (nSPS) is 14.0. The van der Waals surface area contributed by atoms with Gasteiger partial charge in [-0.3, -0.25) is 20.2 Å². The molecule has 3 rings (SSSR count). The molecule has 1 fully saturated rings. The minimum Gasteiger partial charge on any atom is -0.494 e. The molecular weight excluding hydrogens is 473 g/mol. The highest BCUT2D eigenvalue weighted by Gasteiger charge is 2.34. The Labute approximate surface area is 199 Å². The summed E-state index contributed by atoms with van der Waals surface area (Å²) in [7, 11) is 0. The quantitative estimate of drug-likeness (QED) is 0.364. The maximum atomic E-state index is 13.0. The number of alkyl halides is 3. The fourth-order valence-corrected chi connectivity index (χ4v) is 3.73. The molecule has 1 amide bonds. The first kappa shape index (κ1) is 25.2. The van der Waals surface area contributed by atoms with Crippen molar-refractivity contribution in [1.82, 2.24) is 10.2 Å². The van der Waals surface area contributed by atoms with E-state index in [1.807, 2.05) is 6.92 Å². The van der Waals surface area contributed by atoms with Crippen LogP contribution in [0.4, 0.5) is 24.5 Å². The molecule has 34 heavy (non-hydrogen) atoms. The van der Waals surface area contributed by atoms with Crippen molar-refractivity contribution in [2.45, 2.75) is 19.5 Å². The molecule has 0 atom stereocenters. The maximum Gasteiger partial charge on any atom is 0.416 e. The Morgan fingerprint density at radius 1 is 1.18 bits per heavy atom. The van der Waals surface area contributed by atoms with Crippen molar-refractivity contribution in [1.29, 1.82) is 0 Å². The highest BCUT2D eigenvalue weighted by molar-refractivity contribution is 7.80. The van der Waals surface area contributed by atoms with Crippen LogP contribution in [0.15, 0.2) is 42.5 Å². The maximum absolute atomic E-state index is 13.0. The van der Waals surface area contributed by atoms with Crippen LogP contribution in [-0.4, -0.2) is 53.6 Å². The summed E-state index contributed by atoms with van der Waals surface area (Å²) in [6, 6.07) is 9.21. The molecule has 2 aromatic rings. The molecule has 0 unspecified atom stereocenters. The summed E-state index contributed by atoms with van der Waals surface area (Å²) in [6.45, 7) is 3.73. The Hall–Kier alpha value is -3.41. The molecule has 1 saturated heterocycles. The molecule has 2 aromatic carbocycles. The average molecular weight is 497 g/mol. The number of halogens is 3. The van der Waals surface area contributed by atoms with E-state index in [4.69, 9.17) is 17.0 Å². The number of nitrogens with zero attached hydrogens (tertiary/aromatic N) is 3. The first-order valence-corrected chi connectivity index (χ1v) is 10.9. The van der Waals surface area contributed by atoms with Crippen LogP contribution in [-0.2, 0) is 6.18 Å². The predicted octanol–water partition coefficient (Wildman–Crippen LogP) is 4.24. The van der Waals surface area contributed by atoms with E-state index < -0.39 is 28.3 Å². The fraction of sp³-hybridized carbons (Fsp3) is 0.364. The second-order valence-electron chi connectivity index (χ2n) is 7.57. The van der Waals surface area contributed by atoms with Gasteiger partial charge in [0.25, 0.3) is 11.6 Å². The molecule has 8 nitrogen and oxygen atoms in total. The molecule has 1 N–H and O–H groups in total. The van der Waals surface area contributed by atoms with Gasteiger partial charge < -0.3 is 14.5 Å². The number of nitro benzene ring substituents is 1. The minimum atomic E-state index is -4.67. The van der Waals surface area contributed by atoms with Gasteiger partial charge in [0.05, 0.1) is 17.1 Å². The molecule has 0 aliphatic carbocycles. The third-order valence-electron chi connectivity index (χ3n) is 5.20. The second-order valence-corrected chi connectivity index (χ2v) is 7.95. The number of rotatable bonds is 6. The van der Waals surface area contributed by atoms with Crippen molar-refractivity contribution < 1.29 is 27.6 Å². The van der Waals surface area contributed by atoms with E-state index in [1.54, 1.807) is 34.1 Å². The molecule has 0 spiro atoms. The van der Waals surface area contributed by atoms with E-state index in [-0.39, 0.29) is 23.9 Å². The van der Waals surface area contributed by atoms with Crippen LogP contribution in [0.5, 0.6) is 5.75 Å². The van der Waals surface area contributed by atoms with Gasteiger partial charge in [-0.05, 0) is 49.0 Å². The second kappa shape index (κ2) is 10.7. The molecule has 12 heteroatoms. The van der Waals surface area contributed by atoms with E-state index in [0.717, 1.165) is 18.6 Å². The Balaban J connectivity index is 1.62. The number of amides is 1. The molecule has 0 radical (unpaired) electrons. The number of carbonyl (C=O) groups excluding carboxylic acids is 1. The highest BCUT2D eigenvalue weighted by Crippen LogP contribution is 2.36. The summed E-state index contributed by atoms with van der Waals surface area (Å²) in [4.78, 5) is 26.5. The summed E-state index contributed by atoms with van der Waals surface area (Å²) < 4.78 is 44.4. The molecule has 182 valence electrons. The van der Waals surface area contributed by atoms with E-state index in [1.165, 1.54) is 0 Å². The summed E-state index contributed by atoms with van der Waals surface area (Å²) in [5.41, 5.74) is -1.19. The van der Waals surface area contributed by atoms with Gasteiger partial charge in [0.1, 0.15) is 11.4 Å². The molecule has 1 aliphatic rings. The zero-order valence-corrected chi connectivity index (χ0v) is 19.1. The number of benzene rings is 2. The number of hydrogen-bond donors (Lipinski definition) is 1. The number of thiocarbonyl (C=S) groups is 1. The van der Waals surface area contributed by atoms with Crippen molar-refractivity contribution in [3.8, 4) is 5.75 Å². The Kier molecular flexibility index (Phi) is 7.92. The molecule has 0 aromatic heterocycles. The van der Waals surface area contributed by atoms with Crippen LogP contribution in [0.2, 0.25) is 0 Å². The molecule has 0 bridgehead atoms. The first-order valence-electron chi connectivity index (χ1n) is 10.5. The monoisotopic (exact) mass is 496 g/mol. The number of carbonyl (C=O) groups is 1. The number of nitro groups is 1. The van der Waals surface area contributed by atoms with Crippen LogP contribution in [0, 0.1) is 10.1 Å². The lowest BCUT2D eigenvalue weighted by molar-refractivity contribution is -0.384. The third-order valence-corrected chi connectivity index (χ3v) is 5.56. The van der Waals surface area contributed by atoms with Crippen LogP contribution < -0.4 is 15.0 Å². The molecule has 0 saturated carbocycles. The van der Waals surface area contributed by atoms with Crippen molar-refractivity contribution in [2.24, 2.45) is 0 Å². The lowest BCUT2D eigenvalue weighted by Crippen LogP contribution is -2.52. The van der Waals surface area contributed by atoms with Crippen LogP contribution in [0.1, 0.15) is 29.3 Å². The molecule has 1 aliphatic heterocycles. The third kappa shape index (κ3) is 6.13. The van der Waals surface area contributed by atoms with E-state index in [2.05, 4.69) is 5.32 Å². The highest BCUT2D eigenvalue weighted by atomic mass is 32.1. The van der Waals surface area contributed by atoms with Gasteiger partial charge >= 0.3 is 6.18 Å². The number of ether oxygens (including phenoxy) is 1. The topological polar surface area (TPSA) is 88.0 Å². The largest absolute Gasteiger partial charge is 0.494 e. The molecule has 1 heterocycles. The summed E-state index contributed by atoms with van der Waals surface area (Å²) in [5, 5.41) is 14.2. The average Bonchev–Trinajstić information content (AvgIpc) is 2.82. The lowest BCUT2D eigenvalue weighted by atomic mass is 10.1. The number of hydrogen-bond acceptors (Lipinski definition) is 6. The molecular formula is C22H23F3N4O4S. The van der Waals surface area contributed by atoms with Crippen LogP contribution in [0.3, 0.4) is 0 Å². The van der Waals surface area contributed by atoms with Gasteiger partial charge in [-0.25, -0.2) is 0 Å². The van der Waals surface area contributed by atoms with E-state index in [9.17, 15) is 28.1 Å². The number of nitrogens with one attached hydrogen (secondary N) is 1. The summed E-state index contributed by atoms with van der Waals surface area (Å²) in [6.07, 6.45) is -3.84. The smallest absolute Gasteiger partial charge is 0.416 e. The minimum absolute atomic E-state index is 0.108. The fourth-order valence-electron chi connectivity index (χ4n) is 3.46. The van der Waals surface area contributed by atoms with Crippen molar-refractivity contribution in [3.05, 3.63) is 63.7 Å². The van der Waals surface area contributed by atoms with Crippen molar-refractivity contribution in [2.75, 3.05) is 37.7 Å². The first-order chi connectivity index (χ1) is 16.1. The van der Waals surface area contributed by atoms with Crippen LogP contribution in [0.25, 0.3) is 0 Å². The van der Waals surface area contributed by atoms with Gasteiger partial charge in [-0.15, -0.1) is 0 Å². The Bertz CT molecular complexity index is 1070. The van der Waals surface area contributed by atoms with Gasteiger partial charge in [-0.2, -0.15) is 13.2 Å². The summed E-state index contributed by atoms with van der Waals surface area (Å²) in [5.74, 6) is 0.180. The van der Waals surface area contributed by atoms with E-state index >= 15 is 0 Å². The standard InChI is InChI=1S/C22H23F3N4O4S/c1-2-12-33-17-5-3-4-15(13-17)20(30)26-21(34)28-10-8-27(9-11-28)18-7-6-16(22(23,24)25)14-19(18)29(31)32/h3-7,13-14H,2,8-12H2,1H3,(H,26,30,34). The zero-order valence-electron chi connectivity index (χ0n) is 18.3. The van der Waals surface area contributed by atoms with E-state index in [0.29, 0.717) is 37.1 Å². The Morgan fingerprint density at radius 3 is 2.50 bits per heavy atom. The summed E-state index contributed by atoms with van der Waals surface area (Å²) >= 11 is 5.34. The van der Waals surface area contributed by atoms with Gasteiger partial charge in [0.2, 0.25) is 0 Å². The lowest BCUT2D eigenvalue weighted by Gasteiger charge is -2.37. The number of piperazine rings is 1. The van der Waals surface area contributed by atoms with Crippen molar-refractivity contribution in [3.63, 3.8) is 0 Å². The number of anilines is 1. The zero-order chi connectivity index (χ0) is 24.9. The van der Waals surface area contributed by atoms with Crippen LogP contribution >= 0.6 is 12.2 Å². The predicted molar refractivity (Wildman–Crippen MR) is 124 cm³/mol. The van der Waals surface area contributed by atoms with Gasteiger partial charge in [0, 0.05) is 37.8 Å². The van der Waals surface area contributed by atoms with Gasteiger partial charge in [-0.1, -0.05) is 13.0 Å². The van der Waals surface area contributed by atoms with Crippen molar-refractivity contribution >= 4 is 34.6 Å².